The van der Waals surface area contributed by atoms with Gasteiger partial charge in [0.2, 0.25) is 0 Å². The summed E-state index contributed by atoms with van der Waals surface area (Å²) < 4.78 is 0. The minimum atomic E-state index is 0.483. The van der Waals surface area contributed by atoms with Gasteiger partial charge in [-0.2, -0.15) is 5.26 Å². The van der Waals surface area contributed by atoms with E-state index < -0.39 is 0 Å². The molecule has 0 saturated heterocycles. The van der Waals surface area contributed by atoms with Gasteiger partial charge in [0.1, 0.15) is 0 Å². The molecule has 4 heteroatoms. The Kier molecular flexibility index (Phi) is 4.91. The topological polar surface area (TPSA) is 65.4 Å². The molecule has 0 aliphatic carbocycles. The summed E-state index contributed by atoms with van der Waals surface area (Å²) in [6, 6.07) is 2.04. The van der Waals surface area contributed by atoms with Gasteiger partial charge in [0.05, 0.1) is 12.5 Å². The third kappa shape index (κ3) is 4.20. The molecule has 0 heterocycles. The molecule has 0 aliphatic rings. The van der Waals surface area contributed by atoms with Crippen LogP contribution in [0.25, 0.3) is 0 Å². The number of nitrogens with zero attached hydrogens (tertiary/aromatic N) is 3. The second-order valence-corrected chi connectivity index (χ2v) is 2.16. The molecular formula is C7H14N4. The van der Waals surface area contributed by atoms with Crippen LogP contribution in [0.15, 0.2) is 4.99 Å². The Hall–Kier alpha value is -1.24. The summed E-state index contributed by atoms with van der Waals surface area (Å²) in [5.41, 5.74) is 5.54. The molecule has 0 bridgehead atoms. The van der Waals surface area contributed by atoms with Crippen LogP contribution in [0.1, 0.15) is 13.3 Å². The molecule has 0 atom stereocenters. The molecule has 0 unspecified atom stereocenters. The number of hydrogen-bond donors (Lipinski definition) is 1. The smallest absolute Gasteiger partial charge is 0.191 e. The molecular weight excluding hydrogens is 140 g/mol. The van der Waals surface area contributed by atoms with Crippen LogP contribution in [0.3, 0.4) is 0 Å². The van der Waals surface area contributed by atoms with Gasteiger partial charge < -0.3 is 10.6 Å². The van der Waals surface area contributed by atoms with Crippen molar-refractivity contribution < 1.29 is 0 Å². The highest BCUT2D eigenvalue weighted by Crippen LogP contribution is 1.85. The van der Waals surface area contributed by atoms with Crippen molar-refractivity contribution in [2.75, 3.05) is 20.1 Å². The fraction of sp³-hybridized carbons (Fsp3) is 0.714. The Morgan fingerprint density at radius 3 is 2.82 bits per heavy atom. The zero-order valence-corrected chi connectivity index (χ0v) is 7.04. The van der Waals surface area contributed by atoms with Crippen LogP contribution in [0, 0.1) is 11.3 Å². The summed E-state index contributed by atoms with van der Waals surface area (Å²) in [6.45, 7) is 3.25. The SMILES string of the molecule is CCN=C(N)N(C)CCC#N. The van der Waals surface area contributed by atoms with E-state index in [0.29, 0.717) is 25.5 Å². The average Bonchev–Trinajstić information content (AvgIpc) is 2.00. The highest BCUT2D eigenvalue weighted by molar-refractivity contribution is 5.77. The van der Waals surface area contributed by atoms with Crippen molar-refractivity contribution in [3.05, 3.63) is 0 Å². The first-order valence-corrected chi connectivity index (χ1v) is 3.60. The second-order valence-electron chi connectivity index (χ2n) is 2.16. The molecule has 2 N–H and O–H groups in total. The first kappa shape index (κ1) is 9.76. The van der Waals surface area contributed by atoms with Crippen molar-refractivity contribution >= 4 is 5.96 Å². The van der Waals surface area contributed by atoms with Crippen LogP contribution in [-0.4, -0.2) is 31.0 Å². The summed E-state index contributed by atoms with van der Waals surface area (Å²) in [4.78, 5) is 5.76. The Morgan fingerprint density at radius 2 is 2.36 bits per heavy atom. The molecule has 0 radical (unpaired) electrons. The van der Waals surface area contributed by atoms with Gasteiger partial charge in [0.15, 0.2) is 5.96 Å². The van der Waals surface area contributed by atoms with Crippen molar-refractivity contribution in [1.29, 1.82) is 5.26 Å². The fourth-order valence-corrected chi connectivity index (χ4v) is 0.615. The van der Waals surface area contributed by atoms with Crippen LogP contribution in [0.4, 0.5) is 0 Å². The van der Waals surface area contributed by atoms with E-state index in [1.54, 1.807) is 4.90 Å². The van der Waals surface area contributed by atoms with Crippen LogP contribution in [0.2, 0.25) is 0 Å². The van der Waals surface area contributed by atoms with E-state index in [4.69, 9.17) is 11.0 Å². The molecule has 62 valence electrons. The van der Waals surface area contributed by atoms with E-state index in [-0.39, 0.29) is 0 Å². The van der Waals surface area contributed by atoms with Crippen LogP contribution in [-0.2, 0) is 0 Å². The summed E-state index contributed by atoms with van der Waals surface area (Å²) in [5.74, 6) is 0.503. The molecule has 4 nitrogen and oxygen atoms in total. The van der Waals surface area contributed by atoms with Crippen molar-refractivity contribution in [3.8, 4) is 6.07 Å². The molecule has 0 amide bonds. The van der Waals surface area contributed by atoms with Crippen LogP contribution >= 0.6 is 0 Å². The van der Waals surface area contributed by atoms with Gasteiger partial charge in [-0.15, -0.1) is 0 Å². The maximum Gasteiger partial charge on any atom is 0.191 e. The van der Waals surface area contributed by atoms with Gasteiger partial charge in [-0.05, 0) is 6.92 Å². The van der Waals surface area contributed by atoms with Crippen LogP contribution < -0.4 is 5.73 Å². The van der Waals surface area contributed by atoms with E-state index in [2.05, 4.69) is 4.99 Å². The predicted molar refractivity (Wildman–Crippen MR) is 45.0 cm³/mol. The van der Waals surface area contributed by atoms with Gasteiger partial charge in [-0.1, -0.05) is 0 Å². The average molecular weight is 154 g/mol. The normalized spacial score (nSPS) is 10.8. The molecule has 0 fully saturated rings. The van der Waals surface area contributed by atoms with Gasteiger partial charge in [0, 0.05) is 20.1 Å². The molecule has 0 aromatic carbocycles. The zero-order valence-electron chi connectivity index (χ0n) is 7.04. The predicted octanol–water partition coefficient (Wildman–Crippen LogP) is 0.166. The monoisotopic (exact) mass is 154 g/mol. The lowest BCUT2D eigenvalue weighted by Crippen LogP contribution is -2.34. The quantitative estimate of drug-likeness (QED) is 0.465. The molecule has 0 aliphatic heterocycles. The first-order valence-electron chi connectivity index (χ1n) is 3.60. The fourth-order valence-electron chi connectivity index (χ4n) is 0.615. The largest absolute Gasteiger partial charge is 0.370 e. The number of rotatable bonds is 3. The maximum absolute atomic E-state index is 8.27. The lowest BCUT2D eigenvalue weighted by molar-refractivity contribution is 0.507. The van der Waals surface area contributed by atoms with Gasteiger partial charge in [0.25, 0.3) is 0 Å². The number of aliphatic imine (C=N–C) groups is 1. The minimum absolute atomic E-state index is 0.483. The van der Waals surface area contributed by atoms with Crippen molar-refractivity contribution in [1.82, 2.24) is 4.90 Å². The van der Waals surface area contributed by atoms with E-state index in [1.165, 1.54) is 0 Å². The van der Waals surface area contributed by atoms with E-state index in [0.717, 1.165) is 0 Å². The number of guanidine groups is 1. The van der Waals surface area contributed by atoms with E-state index in [9.17, 15) is 0 Å². The Balaban J connectivity index is 3.74. The highest BCUT2D eigenvalue weighted by Gasteiger charge is 1.98. The maximum atomic E-state index is 8.27. The standard InChI is InChI=1S/C7H14N4/c1-3-10-7(9)11(2)6-4-5-8/h3-4,6H2,1-2H3,(H2,9,10). The third-order valence-corrected chi connectivity index (χ3v) is 1.27. The Labute approximate surface area is 67.3 Å². The third-order valence-electron chi connectivity index (χ3n) is 1.27. The van der Waals surface area contributed by atoms with Crippen molar-refractivity contribution in [2.24, 2.45) is 10.7 Å². The second kappa shape index (κ2) is 5.54. The minimum Gasteiger partial charge on any atom is -0.370 e. The Morgan fingerprint density at radius 1 is 1.73 bits per heavy atom. The molecule has 11 heavy (non-hydrogen) atoms. The summed E-state index contributed by atoms with van der Waals surface area (Å²) in [7, 11) is 1.83. The Bertz CT molecular complexity index is 168. The molecule has 0 rings (SSSR count). The van der Waals surface area contributed by atoms with E-state index >= 15 is 0 Å². The number of nitrogens with two attached hydrogens (primary N) is 1. The summed E-state index contributed by atoms with van der Waals surface area (Å²) in [6.07, 6.45) is 0.483. The molecule has 0 aromatic rings. The van der Waals surface area contributed by atoms with Gasteiger partial charge in [-0.25, -0.2) is 0 Å². The lowest BCUT2D eigenvalue weighted by atomic mass is 10.4. The number of nitriles is 1. The van der Waals surface area contributed by atoms with Gasteiger partial charge in [-0.3, -0.25) is 4.99 Å². The summed E-state index contributed by atoms with van der Waals surface area (Å²) >= 11 is 0. The molecule has 0 aromatic heterocycles. The lowest BCUT2D eigenvalue weighted by Gasteiger charge is -2.15. The van der Waals surface area contributed by atoms with Gasteiger partial charge >= 0.3 is 0 Å². The summed E-state index contributed by atoms with van der Waals surface area (Å²) in [5, 5.41) is 8.27. The molecule has 0 saturated carbocycles. The van der Waals surface area contributed by atoms with Crippen LogP contribution in [0.5, 0.6) is 0 Å². The van der Waals surface area contributed by atoms with Crippen molar-refractivity contribution in [3.63, 3.8) is 0 Å². The molecule has 0 spiro atoms. The highest BCUT2D eigenvalue weighted by atomic mass is 15.2. The zero-order chi connectivity index (χ0) is 8.69. The number of hydrogen-bond acceptors (Lipinski definition) is 2. The van der Waals surface area contributed by atoms with E-state index in [1.807, 2.05) is 20.0 Å². The first-order chi connectivity index (χ1) is 5.22. The van der Waals surface area contributed by atoms with Crippen molar-refractivity contribution in [2.45, 2.75) is 13.3 Å².